The van der Waals surface area contributed by atoms with E-state index in [2.05, 4.69) is 10.2 Å². The number of nitrogens with one attached hydrogen (secondary N) is 1. The molecule has 0 bridgehead atoms. The van der Waals surface area contributed by atoms with Crippen molar-refractivity contribution >= 4 is 29.7 Å². The predicted molar refractivity (Wildman–Crippen MR) is 111 cm³/mol. The number of piperazine rings is 1. The number of hydrogen-bond donors (Lipinski definition) is 1. The lowest BCUT2D eigenvalue weighted by Crippen LogP contribution is -2.53. The molecule has 0 unspecified atom stereocenters. The average molecular weight is 424 g/mol. The normalized spacial score (nSPS) is 18.0. The minimum absolute atomic E-state index is 0. The van der Waals surface area contributed by atoms with Crippen LogP contribution in [0.5, 0.6) is 5.75 Å². The monoisotopic (exact) mass is 423 g/mol. The first-order valence-electron chi connectivity index (χ1n) is 9.40. The molecule has 2 heterocycles. The number of fused-ring (bicyclic) bond motifs is 1. The van der Waals surface area contributed by atoms with E-state index in [1.54, 1.807) is 26.0 Å². The number of carbonyl (C=O) groups excluding carboxylic acids is 1. The van der Waals surface area contributed by atoms with Crippen LogP contribution in [0.1, 0.15) is 19.4 Å². The molecule has 29 heavy (non-hydrogen) atoms. The molecule has 2 aliphatic heterocycles. The van der Waals surface area contributed by atoms with Gasteiger partial charge in [0.25, 0.3) is 5.91 Å². The maximum Gasteiger partial charge on any atom is 0.271 e. The summed E-state index contributed by atoms with van der Waals surface area (Å²) < 4.78 is 33.8. The van der Waals surface area contributed by atoms with Gasteiger partial charge in [-0.25, -0.2) is 8.78 Å². The third kappa shape index (κ3) is 4.16. The molecule has 156 valence electrons. The van der Waals surface area contributed by atoms with Crippen molar-refractivity contribution in [3.63, 3.8) is 0 Å². The van der Waals surface area contributed by atoms with Crippen LogP contribution in [0.3, 0.4) is 0 Å². The van der Waals surface area contributed by atoms with Gasteiger partial charge in [0.1, 0.15) is 11.6 Å². The fourth-order valence-electron chi connectivity index (χ4n) is 3.67. The smallest absolute Gasteiger partial charge is 0.271 e. The molecule has 2 aliphatic rings. The highest BCUT2D eigenvalue weighted by Gasteiger charge is 2.43. The van der Waals surface area contributed by atoms with Crippen molar-refractivity contribution < 1.29 is 18.3 Å². The van der Waals surface area contributed by atoms with Gasteiger partial charge in [-0.3, -0.25) is 4.79 Å². The lowest BCUT2D eigenvalue weighted by Gasteiger charge is -2.41. The minimum atomic E-state index is -1.09. The Bertz CT molecular complexity index is 900. The molecule has 2 aromatic rings. The van der Waals surface area contributed by atoms with Crippen molar-refractivity contribution in [2.75, 3.05) is 36.0 Å². The van der Waals surface area contributed by atoms with Gasteiger partial charge in [-0.15, -0.1) is 12.4 Å². The van der Waals surface area contributed by atoms with Crippen LogP contribution in [0, 0.1) is 11.6 Å². The first-order valence-corrected chi connectivity index (χ1v) is 9.40. The molecule has 8 heteroatoms. The van der Waals surface area contributed by atoms with E-state index in [1.807, 2.05) is 0 Å². The molecule has 1 saturated heterocycles. The fourth-order valence-corrected chi connectivity index (χ4v) is 3.67. The van der Waals surface area contributed by atoms with E-state index in [-0.39, 0.29) is 30.7 Å². The third-order valence-electron chi connectivity index (χ3n) is 5.13. The first-order chi connectivity index (χ1) is 13.3. The Kier molecular flexibility index (Phi) is 6.00. The summed E-state index contributed by atoms with van der Waals surface area (Å²) >= 11 is 0. The third-order valence-corrected chi connectivity index (χ3v) is 5.13. The van der Waals surface area contributed by atoms with E-state index in [0.717, 1.165) is 31.7 Å². The topological polar surface area (TPSA) is 44.8 Å². The van der Waals surface area contributed by atoms with Crippen LogP contribution in [0.25, 0.3) is 0 Å². The molecule has 4 rings (SSSR count). The van der Waals surface area contributed by atoms with Gasteiger partial charge < -0.3 is 19.9 Å². The molecule has 1 amide bonds. The average Bonchev–Trinajstić information content (AvgIpc) is 2.68. The van der Waals surface area contributed by atoms with Crippen LogP contribution in [0.2, 0.25) is 0 Å². The van der Waals surface area contributed by atoms with E-state index in [1.165, 1.54) is 29.2 Å². The van der Waals surface area contributed by atoms with E-state index >= 15 is 0 Å². The zero-order valence-electron chi connectivity index (χ0n) is 16.4. The van der Waals surface area contributed by atoms with Gasteiger partial charge in [-0.2, -0.15) is 0 Å². The molecule has 0 atom stereocenters. The second-order valence-electron chi connectivity index (χ2n) is 7.64. The summed E-state index contributed by atoms with van der Waals surface area (Å²) in [6.45, 7) is 6.68. The zero-order valence-corrected chi connectivity index (χ0v) is 17.2. The van der Waals surface area contributed by atoms with Crippen LogP contribution in [-0.2, 0) is 11.3 Å². The molecule has 0 radical (unpaired) electrons. The second-order valence-corrected chi connectivity index (χ2v) is 7.64. The molecule has 0 aromatic heterocycles. The van der Waals surface area contributed by atoms with E-state index in [9.17, 15) is 13.6 Å². The minimum Gasteiger partial charge on any atom is -0.474 e. The zero-order chi connectivity index (χ0) is 19.9. The number of carbonyl (C=O) groups is 1. The van der Waals surface area contributed by atoms with Crippen molar-refractivity contribution in [2.45, 2.75) is 26.0 Å². The molecule has 1 N–H and O–H groups in total. The fraction of sp³-hybridized carbons (Fsp3) is 0.381. The first kappa shape index (κ1) is 21.3. The van der Waals surface area contributed by atoms with Gasteiger partial charge in [-0.05, 0) is 31.5 Å². The van der Waals surface area contributed by atoms with Gasteiger partial charge >= 0.3 is 0 Å². The number of ether oxygens (including phenoxy) is 1. The Hall–Kier alpha value is -2.38. The predicted octanol–water partition coefficient (Wildman–Crippen LogP) is 3.50. The maximum absolute atomic E-state index is 14.5. The van der Waals surface area contributed by atoms with Gasteiger partial charge in [0, 0.05) is 38.3 Å². The number of amides is 1. The van der Waals surface area contributed by atoms with E-state index < -0.39 is 11.4 Å². The highest BCUT2D eigenvalue weighted by atomic mass is 35.5. The van der Waals surface area contributed by atoms with Crippen LogP contribution in [0.15, 0.2) is 36.4 Å². The summed E-state index contributed by atoms with van der Waals surface area (Å²) in [5, 5.41) is 3.28. The molecule has 5 nitrogen and oxygen atoms in total. The van der Waals surface area contributed by atoms with Crippen molar-refractivity contribution in [1.29, 1.82) is 0 Å². The largest absolute Gasteiger partial charge is 0.474 e. The van der Waals surface area contributed by atoms with Gasteiger partial charge in [-0.1, -0.05) is 12.1 Å². The van der Waals surface area contributed by atoms with Crippen molar-refractivity contribution in [3.05, 3.63) is 53.6 Å². The molecular formula is C21H24ClF2N3O2. The Balaban J connectivity index is 0.00000240. The number of benzene rings is 2. The Morgan fingerprint density at radius 2 is 1.66 bits per heavy atom. The molecule has 0 saturated carbocycles. The Labute approximate surface area is 175 Å². The van der Waals surface area contributed by atoms with Crippen LogP contribution in [-0.4, -0.2) is 37.7 Å². The number of nitrogens with zero attached hydrogens (tertiary/aromatic N) is 2. The molecule has 1 fully saturated rings. The highest BCUT2D eigenvalue weighted by molar-refractivity contribution is 6.03. The Morgan fingerprint density at radius 3 is 2.31 bits per heavy atom. The number of hydrogen-bond acceptors (Lipinski definition) is 4. The molecule has 0 aliphatic carbocycles. The molecule has 0 spiro atoms. The van der Waals surface area contributed by atoms with Gasteiger partial charge in [0.05, 0.1) is 17.9 Å². The standard InChI is InChI=1S/C21H23F2N3O2.ClH/c1-21(2)20(27)26(13-14-3-5-15(22)6-4-14)18-12-16(23)11-17(19(18)28-21)25-9-7-24-8-10-25;/h3-6,11-12,24H,7-10,13H2,1-2H3;1H. The number of rotatable bonds is 3. The lowest BCUT2D eigenvalue weighted by atomic mass is 10.0. The summed E-state index contributed by atoms with van der Waals surface area (Å²) in [4.78, 5) is 16.7. The van der Waals surface area contributed by atoms with E-state index in [4.69, 9.17) is 4.74 Å². The van der Waals surface area contributed by atoms with Gasteiger partial charge in [0.2, 0.25) is 0 Å². The molecule has 2 aromatic carbocycles. The summed E-state index contributed by atoms with van der Waals surface area (Å²) in [5.41, 5.74) is 0.725. The van der Waals surface area contributed by atoms with Crippen LogP contribution in [0.4, 0.5) is 20.2 Å². The number of halogens is 3. The van der Waals surface area contributed by atoms with Crippen LogP contribution >= 0.6 is 12.4 Å². The quantitative estimate of drug-likeness (QED) is 0.820. The van der Waals surface area contributed by atoms with E-state index in [0.29, 0.717) is 17.1 Å². The second kappa shape index (κ2) is 8.16. The van der Waals surface area contributed by atoms with Crippen molar-refractivity contribution in [3.8, 4) is 5.75 Å². The number of anilines is 2. The Morgan fingerprint density at radius 1 is 1.03 bits per heavy atom. The van der Waals surface area contributed by atoms with Crippen LogP contribution < -0.4 is 19.9 Å². The lowest BCUT2D eigenvalue weighted by molar-refractivity contribution is -0.132. The summed E-state index contributed by atoms with van der Waals surface area (Å²) in [7, 11) is 0. The van der Waals surface area contributed by atoms with Crippen molar-refractivity contribution in [1.82, 2.24) is 5.32 Å². The van der Waals surface area contributed by atoms with Crippen molar-refractivity contribution in [2.24, 2.45) is 0 Å². The highest BCUT2D eigenvalue weighted by Crippen LogP contribution is 2.45. The van der Waals surface area contributed by atoms with Gasteiger partial charge in [0.15, 0.2) is 11.4 Å². The summed E-state index contributed by atoms with van der Waals surface area (Å²) in [6.07, 6.45) is 0. The summed E-state index contributed by atoms with van der Waals surface area (Å²) in [6, 6.07) is 8.75. The summed E-state index contributed by atoms with van der Waals surface area (Å²) in [5.74, 6) is -0.520. The SMILES string of the molecule is CC1(C)Oc2c(N3CCNCC3)cc(F)cc2N(Cc2ccc(F)cc2)C1=O.Cl. The molecular weight excluding hydrogens is 400 g/mol. The maximum atomic E-state index is 14.5.